The largest absolute Gasteiger partial charge is 0.285 e. The van der Waals surface area contributed by atoms with Gasteiger partial charge in [0.25, 0.3) is 0 Å². The molecule has 0 N–H and O–H groups in total. The lowest BCUT2D eigenvalue weighted by atomic mass is 10.1. The first kappa shape index (κ1) is 11.5. The Morgan fingerprint density at radius 1 is 1.00 bits per heavy atom. The van der Waals surface area contributed by atoms with E-state index in [9.17, 15) is 4.39 Å². The van der Waals surface area contributed by atoms with E-state index in [-0.39, 0.29) is 5.82 Å². The molecule has 2 rings (SSSR count). The van der Waals surface area contributed by atoms with Gasteiger partial charge < -0.3 is 0 Å². The van der Waals surface area contributed by atoms with E-state index < -0.39 is 0 Å². The Morgan fingerprint density at radius 3 is 2.29 bits per heavy atom. The van der Waals surface area contributed by atoms with E-state index in [1.165, 1.54) is 17.7 Å². The summed E-state index contributed by atoms with van der Waals surface area (Å²) >= 11 is 0. The molecule has 0 spiro atoms. The van der Waals surface area contributed by atoms with Gasteiger partial charge in [-0.25, -0.2) is 4.39 Å². The van der Waals surface area contributed by atoms with Crippen LogP contribution in [0.15, 0.2) is 59.6 Å². The summed E-state index contributed by atoms with van der Waals surface area (Å²) in [7, 11) is 0. The Kier molecular flexibility index (Phi) is 3.66. The van der Waals surface area contributed by atoms with Crippen LogP contribution < -0.4 is 0 Å². The lowest BCUT2D eigenvalue weighted by molar-refractivity contribution is 0.628. The average molecular weight is 227 g/mol. The standard InChI is InChI=1S/C15H14FN/c1-12(14-7-9-15(16)10-8-14)17-11-13-5-3-2-4-6-13/h2-10H,11H2,1H3. The predicted molar refractivity (Wildman–Crippen MR) is 68.8 cm³/mol. The molecule has 17 heavy (non-hydrogen) atoms. The topological polar surface area (TPSA) is 12.4 Å². The summed E-state index contributed by atoms with van der Waals surface area (Å²) in [6, 6.07) is 16.5. The van der Waals surface area contributed by atoms with Crippen LogP contribution >= 0.6 is 0 Å². The molecule has 0 saturated heterocycles. The quantitative estimate of drug-likeness (QED) is 0.706. The number of aliphatic imine (C=N–C) groups is 1. The lowest BCUT2D eigenvalue weighted by Crippen LogP contribution is -1.95. The number of nitrogens with zero attached hydrogens (tertiary/aromatic N) is 1. The van der Waals surface area contributed by atoms with Crippen LogP contribution in [0.2, 0.25) is 0 Å². The van der Waals surface area contributed by atoms with Gasteiger partial charge >= 0.3 is 0 Å². The molecule has 0 saturated carbocycles. The maximum absolute atomic E-state index is 12.8. The minimum Gasteiger partial charge on any atom is -0.285 e. The van der Waals surface area contributed by atoms with Crippen molar-refractivity contribution in [3.8, 4) is 0 Å². The van der Waals surface area contributed by atoms with E-state index in [1.54, 1.807) is 12.1 Å². The smallest absolute Gasteiger partial charge is 0.123 e. The summed E-state index contributed by atoms with van der Waals surface area (Å²) in [5.74, 6) is -0.218. The third-order valence-electron chi connectivity index (χ3n) is 2.60. The molecule has 0 fully saturated rings. The molecule has 0 aliphatic heterocycles. The van der Waals surface area contributed by atoms with Crippen LogP contribution in [-0.4, -0.2) is 5.71 Å². The monoisotopic (exact) mass is 227 g/mol. The van der Waals surface area contributed by atoms with Crippen molar-refractivity contribution < 1.29 is 4.39 Å². The zero-order valence-corrected chi connectivity index (χ0v) is 9.73. The van der Waals surface area contributed by atoms with Crippen molar-refractivity contribution >= 4 is 5.71 Å². The second kappa shape index (κ2) is 5.39. The normalized spacial score (nSPS) is 11.5. The van der Waals surface area contributed by atoms with Crippen LogP contribution in [0.5, 0.6) is 0 Å². The van der Waals surface area contributed by atoms with Gasteiger partial charge in [-0.05, 0) is 30.2 Å². The van der Waals surface area contributed by atoms with Crippen molar-refractivity contribution in [1.82, 2.24) is 0 Å². The van der Waals surface area contributed by atoms with Crippen molar-refractivity contribution in [3.63, 3.8) is 0 Å². The first-order valence-electron chi connectivity index (χ1n) is 5.56. The molecule has 0 aromatic heterocycles. The highest BCUT2D eigenvalue weighted by atomic mass is 19.1. The van der Waals surface area contributed by atoms with Crippen LogP contribution in [0.4, 0.5) is 4.39 Å². The molecule has 0 amide bonds. The van der Waals surface area contributed by atoms with Crippen LogP contribution in [0, 0.1) is 5.82 Å². The van der Waals surface area contributed by atoms with Gasteiger partial charge in [0.1, 0.15) is 5.82 Å². The van der Waals surface area contributed by atoms with Crippen molar-refractivity contribution in [1.29, 1.82) is 0 Å². The SMILES string of the molecule is CC(=NCc1ccccc1)c1ccc(F)cc1. The molecule has 2 aromatic rings. The van der Waals surface area contributed by atoms with Crippen LogP contribution in [0.3, 0.4) is 0 Å². The highest BCUT2D eigenvalue weighted by molar-refractivity contribution is 5.98. The zero-order valence-electron chi connectivity index (χ0n) is 9.73. The maximum atomic E-state index is 12.8. The molecule has 86 valence electrons. The fourth-order valence-corrected chi connectivity index (χ4v) is 1.58. The summed E-state index contributed by atoms with van der Waals surface area (Å²) in [6.07, 6.45) is 0. The van der Waals surface area contributed by atoms with Gasteiger partial charge in [0, 0.05) is 5.71 Å². The Balaban J connectivity index is 2.10. The van der Waals surface area contributed by atoms with E-state index in [0.717, 1.165) is 11.3 Å². The van der Waals surface area contributed by atoms with E-state index in [0.29, 0.717) is 6.54 Å². The molecule has 0 heterocycles. The number of rotatable bonds is 3. The van der Waals surface area contributed by atoms with E-state index in [1.807, 2.05) is 37.3 Å². The number of hydrogen-bond acceptors (Lipinski definition) is 1. The van der Waals surface area contributed by atoms with Gasteiger partial charge in [-0.3, -0.25) is 4.99 Å². The molecule has 0 aliphatic rings. The molecule has 0 atom stereocenters. The Hall–Kier alpha value is -1.96. The summed E-state index contributed by atoms with van der Waals surface area (Å²) in [5.41, 5.74) is 3.06. The van der Waals surface area contributed by atoms with Crippen molar-refractivity contribution in [3.05, 3.63) is 71.5 Å². The summed E-state index contributed by atoms with van der Waals surface area (Å²) in [4.78, 5) is 4.49. The second-order valence-corrected chi connectivity index (χ2v) is 3.89. The molecule has 0 unspecified atom stereocenters. The van der Waals surface area contributed by atoms with E-state index >= 15 is 0 Å². The Morgan fingerprint density at radius 2 is 1.65 bits per heavy atom. The maximum Gasteiger partial charge on any atom is 0.123 e. The average Bonchev–Trinajstić information content (AvgIpc) is 2.38. The van der Waals surface area contributed by atoms with Gasteiger partial charge in [-0.2, -0.15) is 0 Å². The fraction of sp³-hybridized carbons (Fsp3) is 0.133. The molecule has 0 bridgehead atoms. The fourth-order valence-electron chi connectivity index (χ4n) is 1.58. The second-order valence-electron chi connectivity index (χ2n) is 3.89. The number of hydrogen-bond donors (Lipinski definition) is 0. The Labute approximate surface area is 101 Å². The molecule has 0 aliphatic carbocycles. The van der Waals surface area contributed by atoms with Gasteiger partial charge in [-0.1, -0.05) is 42.5 Å². The zero-order chi connectivity index (χ0) is 12.1. The van der Waals surface area contributed by atoms with Crippen molar-refractivity contribution in [2.24, 2.45) is 4.99 Å². The number of halogens is 1. The van der Waals surface area contributed by atoms with Gasteiger partial charge in [-0.15, -0.1) is 0 Å². The summed E-state index contributed by atoms with van der Waals surface area (Å²) in [5, 5.41) is 0. The van der Waals surface area contributed by atoms with Gasteiger partial charge in [0.15, 0.2) is 0 Å². The summed E-state index contributed by atoms with van der Waals surface area (Å²) < 4.78 is 12.8. The van der Waals surface area contributed by atoms with Crippen molar-refractivity contribution in [2.75, 3.05) is 0 Å². The van der Waals surface area contributed by atoms with Crippen molar-refractivity contribution in [2.45, 2.75) is 13.5 Å². The highest BCUT2D eigenvalue weighted by Gasteiger charge is 1.97. The van der Waals surface area contributed by atoms with Gasteiger partial charge in [0.2, 0.25) is 0 Å². The van der Waals surface area contributed by atoms with Crippen LogP contribution in [-0.2, 0) is 6.54 Å². The number of benzene rings is 2. The third kappa shape index (κ3) is 3.25. The van der Waals surface area contributed by atoms with E-state index in [2.05, 4.69) is 4.99 Å². The predicted octanol–water partition coefficient (Wildman–Crippen LogP) is 3.83. The van der Waals surface area contributed by atoms with Crippen LogP contribution in [0.25, 0.3) is 0 Å². The molecule has 1 nitrogen and oxygen atoms in total. The minimum atomic E-state index is -0.218. The Bertz CT molecular complexity index is 500. The minimum absolute atomic E-state index is 0.218. The summed E-state index contributed by atoms with van der Waals surface area (Å²) in [6.45, 7) is 2.60. The van der Waals surface area contributed by atoms with Gasteiger partial charge in [0.05, 0.1) is 6.54 Å². The first-order valence-corrected chi connectivity index (χ1v) is 5.56. The first-order chi connectivity index (χ1) is 8.25. The molecule has 0 radical (unpaired) electrons. The van der Waals surface area contributed by atoms with E-state index in [4.69, 9.17) is 0 Å². The molecule has 2 aromatic carbocycles. The molecular weight excluding hydrogens is 213 g/mol. The molecule has 2 heteroatoms. The molecular formula is C15H14FN. The highest BCUT2D eigenvalue weighted by Crippen LogP contribution is 2.06. The lowest BCUT2D eigenvalue weighted by Gasteiger charge is -2.01. The third-order valence-corrected chi connectivity index (χ3v) is 2.60. The van der Waals surface area contributed by atoms with Crippen LogP contribution in [0.1, 0.15) is 18.1 Å².